The van der Waals surface area contributed by atoms with Crippen LogP contribution in [0.3, 0.4) is 0 Å². The van der Waals surface area contributed by atoms with Gasteiger partial charge in [0.1, 0.15) is 0 Å². The van der Waals surface area contributed by atoms with Gasteiger partial charge in [0, 0.05) is 19.8 Å². The number of anilines is 1. The van der Waals surface area contributed by atoms with Gasteiger partial charge in [0.15, 0.2) is 0 Å². The van der Waals surface area contributed by atoms with Crippen molar-refractivity contribution in [3.8, 4) is 5.69 Å². The zero-order chi connectivity index (χ0) is 15.9. The average Bonchev–Trinajstić information content (AvgIpc) is 2.66. The van der Waals surface area contributed by atoms with E-state index in [2.05, 4.69) is 5.10 Å². The summed E-state index contributed by atoms with van der Waals surface area (Å²) in [7, 11) is -0.506. The maximum Gasteiger partial charge on any atom is 0.242 e. The van der Waals surface area contributed by atoms with Gasteiger partial charge in [0.05, 0.1) is 22.0 Å². The van der Waals surface area contributed by atoms with Crippen molar-refractivity contribution < 1.29 is 8.42 Å². The third-order valence-electron chi connectivity index (χ3n) is 3.66. The Hall–Kier alpha value is -1.86. The zero-order valence-electron chi connectivity index (χ0n) is 12.9. The normalized spacial score (nSPS) is 12.1. The van der Waals surface area contributed by atoms with E-state index in [9.17, 15) is 8.42 Å². The molecule has 0 spiro atoms. The first-order valence-electron chi connectivity index (χ1n) is 6.51. The zero-order valence-corrected chi connectivity index (χ0v) is 13.7. The highest BCUT2D eigenvalue weighted by Gasteiger charge is 2.20. The van der Waals surface area contributed by atoms with Crippen molar-refractivity contribution in [2.24, 2.45) is 0 Å². The molecule has 0 amide bonds. The molecule has 0 saturated heterocycles. The van der Waals surface area contributed by atoms with Gasteiger partial charge in [0.2, 0.25) is 10.0 Å². The molecular formula is C14H20N4O2S. The molecular weight excluding hydrogens is 288 g/mol. The number of nitrogens with two attached hydrogens (primary N) is 1. The van der Waals surface area contributed by atoms with Gasteiger partial charge in [-0.3, -0.25) is 0 Å². The van der Waals surface area contributed by atoms with Crippen LogP contribution in [-0.2, 0) is 10.0 Å². The minimum Gasteiger partial charge on any atom is -0.397 e. The first-order valence-corrected chi connectivity index (χ1v) is 7.95. The molecule has 6 nitrogen and oxygen atoms in total. The van der Waals surface area contributed by atoms with Crippen molar-refractivity contribution in [2.75, 3.05) is 19.8 Å². The molecule has 7 heteroatoms. The maximum atomic E-state index is 12.2. The Kier molecular flexibility index (Phi) is 3.81. The van der Waals surface area contributed by atoms with E-state index in [1.54, 1.807) is 16.8 Å². The van der Waals surface area contributed by atoms with Crippen LogP contribution in [0.5, 0.6) is 0 Å². The van der Waals surface area contributed by atoms with Gasteiger partial charge < -0.3 is 5.73 Å². The van der Waals surface area contributed by atoms with E-state index < -0.39 is 10.0 Å². The number of benzene rings is 1. The van der Waals surface area contributed by atoms with Crippen molar-refractivity contribution in [1.29, 1.82) is 0 Å². The molecule has 0 atom stereocenters. The monoisotopic (exact) mass is 308 g/mol. The van der Waals surface area contributed by atoms with Crippen molar-refractivity contribution in [3.05, 3.63) is 35.2 Å². The molecule has 0 radical (unpaired) electrons. The number of hydrogen-bond acceptors (Lipinski definition) is 4. The summed E-state index contributed by atoms with van der Waals surface area (Å²) < 4.78 is 27.3. The third-order valence-corrected chi connectivity index (χ3v) is 5.47. The second-order valence-electron chi connectivity index (χ2n) is 5.22. The fraction of sp³-hybridized carbons (Fsp3) is 0.357. The maximum absolute atomic E-state index is 12.2. The lowest BCUT2D eigenvalue weighted by molar-refractivity contribution is 0.520. The van der Waals surface area contributed by atoms with Crippen LogP contribution in [0, 0.1) is 20.8 Å². The van der Waals surface area contributed by atoms with Crippen LogP contribution in [-0.4, -0.2) is 36.6 Å². The van der Waals surface area contributed by atoms with E-state index in [1.165, 1.54) is 24.5 Å². The van der Waals surface area contributed by atoms with Crippen LogP contribution in [0.25, 0.3) is 5.69 Å². The van der Waals surface area contributed by atoms with E-state index in [-0.39, 0.29) is 4.90 Å². The van der Waals surface area contributed by atoms with E-state index in [1.807, 2.05) is 20.8 Å². The fourth-order valence-electron chi connectivity index (χ4n) is 2.03. The molecule has 0 aliphatic rings. The van der Waals surface area contributed by atoms with Gasteiger partial charge in [-0.15, -0.1) is 0 Å². The first kappa shape index (κ1) is 15.5. The average molecular weight is 308 g/mol. The molecule has 0 saturated carbocycles. The Bertz CT molecular complexity index is 792. The van der Waals surface area contributed by atoms with E-state index in [4.69, 9.17) is 5.73 Å². The quantitative estimate of drug-likeness (QED) is 0.874. The Morgan fingerprint density at radius 3 is 2.29 bits per heavy atom. The molecule has 0 unspecified atom stereocenters. The van der Waals surface area contributed by atoms with Crippen LogP contribution in [0.4, 0.5) is 5.69 Å². The van der Waals surface area contributed by atoms with E-state index >= 15 is 0 Å². The Morgan fingerprint density at radius 1 is 1.19 bits per heavy atom. The molecule has 114 valence electrons. The number of rotatable bonds is 3. The lowest BCUT2D eigenvalue weighted by Crippen LogP contribution is -2.22. The van der Waals surface area contributed by atoms with Crippen molar-refractivity contribution in [3.63, 3.8) is 0 Å². The van der Waals surface area contributed by atoms with Crippen LogP contribution >= 0.6 is 0 Å². The molecule has 21 heavy (non-hydrogen) atoms. The Labute approximate surface area is 125 Å². The summed E-state index contributed by atoms with van der Waals surface area (Å²) in [4.78, 5) is 0.196. The number of aryl methyl sites for hydroxylation is 1. The number of aromatic nitrogens is 2. The molecule has 2 aromatic rings. The molecule has 1 aromatic carbocycles. The van der Waals surface area contributed by atoms with Crippen LogP contribution < -0.4 is 5.73 Å². The molecule has 1 heterocycles. The molecule has 0 aliphatic heterocycles. The smallest absolute Gasteiger partial charge is 0.242 e. The Balaban J connectivity index is 2.68. The van der Waals surface area contributed by atoms with Crippen LogP contribution in [0.1, 0.15) is 17.0 Å². The van der Waals surface area contributed by atoms with Crippen LogP contribution in [0.15, 0.2) is 23.1 Å². The van der Waals surface area contributed by atoms with Crippen molar-refractivity contribution in [2.45, 2.75) is 25.7 Å². The molecule has 0 bridgehead atoms. The lowest BCUT2D eigenvalue weighted by Gasteiger charge is -2.14. The Morgan fingerprint density at radius 2 is 1.81 bits per heavy atom. The molecule has 2 rings (SSSR count). The fourth-order valence-corrected chi connectivity index (χ4v) is 2.96. The number of sulfonamides is 1. The van der Waals surface area contributed by atoms with Gasteiger partial charge in [-0.25, -0.2) is 17.4 Å². The number of hydrogen-bond donors (Lipinski definition) is 1. The summed E-state index contributed by atoms with van der Waals surface area (Å²) in [5.41, 5.74) is 9.96. The van der Waals surface area contributed by atoms with E-state index in [0.717, 1.165) is 17.0 Å². The first-order chi connectivity index (χ1) is 9.66. The summed E-state index contributed by atoms with van der Waals surface area (Å²) in [6.07, 6.45) is 0. The van der Waals surface area contributed by atoms with Gasteiger partial charge >= 0.3 is 0 Å². The summed E-state index contributed by atoms with van der Waals surface area (Å²) in [6.45, 7) is 5.82. The van der Waals surface area contributed by atoms with Crippen molar-refractivity contribution in [1.82, 2.24) is 14.1 Å². The molecule has 0 aliphatic carbocycles. The predicted octanol–water partition coefficient (Wildman–Crippen LogP) is 1.63. The van der Waals surface area contributed by atoms with Crippen molar-refractivity contribution >= 4 is 15.7 Å². The second kappa shape index (κ2) is 5.16. The summed E-state index contributed by atoms with van der Waals surface area (Å²) in [5, 5.41) is 4.44. The number of nitrogen functional groups attached to an aromatic ring is 1. The highest BCUT2D eigenvalue weighted by atomic mass is 32.2. The van der Waals surface area contributed by atoms with Crippen LogP contribution in [0.2, 0.25) is 0 Å². The molecule has 0 fully saturated rings. The summed E-state index contributed by atoms with van der Waals surface area (Å²) >= 11 is 0. The van der Waals surface area contributed by atoms with Gasteiger partial charge in [0.25, 0.3) is 0 Å². The lowest BCUT2D eigenvalue weighted by atomic mass is 10.2. The summed E-state index contributed by atoms with van der Waals surface area (Å²) in [5.74, 6) is 0. The third kappa shape index (κ3) is 2.54. The molecule has 2 N–H and O–H groups in total. The van der Waals surface area contributed by atoms with Gasteiger partial charge in [-0.1, -0.05) is 0 Å². The highest BCUT2D eigenvalue weighted by Crippen LogP contribution is 2.25. The minimum atomic E-state index is -3.50. The molecule has 1 aromatic heterocycles. The van der Waals surface area contributed by atoms with E-state index in [0.29, 0.717) is 11.4 Å². The largest absolute Gasteiger partial charge is 0.397 e. The SMILES string of the molecule is Cc1nn(-c2cc(S(=O)(=O)N(C)C)ccc2N)c(C)c1C. The topological polar surface area (TPSA) is 81.2 Å². The highest BCUT2D eigenvalue weighted by molar-refractivity contribution is 7.89. The number of nitrogens with zero attached hydrogens (tertiary/aromatic N) is 3. The minimum absolute atomic E-state index is 0.196. The van der Waals surface area contributed by atoms with Gasteiger partial charge in [-0.2, -0.15) is 5.10 Å². The van der Waals surface area contributed by atoms with Gasteiger partial charge in [-0.05, 0) is 44.5 Å². The predicted molar refractivity (Wildman–Crippen MR) is 83.1 cm³/mol. The second-order valence-corrected chi connectivity index (χ2v) is 7.37. The standard InChI is InChI=1S/C14H20N4O2S/c1-9-10(2)16-18(11(9)3)14-8-12(6-7-13(14)15)21(19,20)17(4)5/h6-8H,15H2,1-5H3. The summed E-state index contributed by atoms with van der Waals surface area (Å²) in [6, 6.07) is 4.66.